The van der Waals surface area contributed by atoms with Gasteiger partial charge in [0.05, 0.1) is 19.8 Å². The molecule has 1 N–H and O–H groups in total. The maximum absolute atomic E-state index is 5.89. The van der Waals surface area contributed by atoms with Crippen molar-refractivity contribution in [2.45, 2.75) is 18.9 Å². The SMILES string of the molecule is CONC1CCCOc2ccc(Oc3ccccc3)cc21. The lowest BCUT2D eigenvalue weighted by molar-refractivity contribution is 0.0579. The lowest BCUT2D eigenvalue weighted by Gasteiger charge is -2.18. The molecule has 0 saturated carbocycles. The van der Waals surface area contributed by atoms with E-state index in [9.17, 15) is 0 Å². The van der Waals surface area contributed by atoms with Crippen LogP contribution in [0.25, 0.3) is 0 Å². The molecule has 1 unspecified atom stereocenters. The minimum absolute atomic E-state index is 0.117. The van der Waals surface area contributed by atoms with Gasteiger partial charge in [-0.1, -0.05) is 18.2 Å². The number of para-hydroxylation sites is 1. The fourth-order valence-corrected chi connectivity index (χ4v) is 2.51. The van der Waals surface area contributed by atoms with E-state index in [4.69, 9.17) is 14.3 Å². The Morgan fingerprint density at radius 2 is 1.95 bits per heavy atom. The Bertz CT molecular complexity index is 586. The molecule has 2 aromatic rings. The Kier molecular flexibility index (Phi) is 4.38. The molecule has 0 amide bonds. The topological polar surface area (TPSA) is 39.7 Å². The van der Waals surface area contributed by atoms with Gasteiger partial charge in [0, 0.05) is 5.56 Å². The van der Waals surface area contributed by atoms with Crippen LogP contribution < -0.4 is 15.0 Å². The standard InChI is InChI=1S/C17H19NO3/c1-19-18-16-8-5-11-20-17-10-9-14(12-15(16)17)21-13-6-3-2-4-7-13/h2-4,6-7,9-10,12,16,18H,5,8,11H2,1H3. The van der Waals surface area contributed by atoms with Gasteiger partial charge in [0.15, 0.2) is 0 Å². The van der Waals surface area contributed by atoms with E-state index in [0.29, 0.717) is 0 Å². The van der Waals surface area contributed by atoms with Crippen LogP contribution in [0.5, 0.6) is 17.2 Å². The molecule has 0 bridgehead atoms. The van der Waals surface area contributed by atoms with E-state index < -0.39 is 0 Å². The number of hydrogen-bond donors (Lipinski definition) is 1. The van der Waals surface area contributed by atoms with Crippen molar-refractivity contribution in [2.24, 2.45) is 0 Å². The summed E-state index contributed by atoms with van der Waals surface area (Å²) in [6.07, 6.45) is 1.96. The molecular weight excluding hydrogens is 266 g/mol. The van der Waals surface area contributed by atoms with E-state index in [0.717, 1.165) is 42.3 Å². The Morgan fingerprint density at radius 1 is 1.10 bits per heavy atom. The second-order valence-corrected chi connectivity index (χ2v) is 4.98. The first kappa shape index (κ1) is 13.9. The van der Waals surface area contributed by atoms with Gasteiger partial charge in [-0.15, -0.1) is 0 Å². The van der Waals surface area contributed by atoms with Crippen LogP contribution in [-0.2, 0) is 4.84 Å². The van der Waals surface area contributed by atoms with Crippen molar-refractivity contribution in [1.29, 1.82) is 0 Å². The van der Waals surface area contributed by atoms with Gasteiger partial charge in [0.2, 0.25) is 0 Å². The molecule has 110 valence electrons. The number of fused-ring (bicyclic) bond motifs is 1. The number of nitrogens with one attached hydrogen (secondary N) is 1. The fourth-order valence-electron chi connectivity index (χ4n) is 2.51. The fraction of sp³-hybridized carbons (Fsp3) is 0.294. The first-order chi connectivity index (χ1) is 10.4. The monoisotopic (exact) mass is 285 g/mol. The van der Waals surface area contributed by atoms with Crippen molar-refractivity contribution in [3.8, 4) is 17.2 Å². The van der Waals surface area contributed by atoms with Gasteiger partial charge >= 0.3 is 0 Å². The molecule has 1 aliphatic rings. The highest BCUT2D eigenvalue weighted by Crippen LogP contribution is 2.35. The van der Waals surface area contributed by atoms with E-state index in [-0.39, 0.29) is 6.04 Å². The Morgan fingerprint density at radius 3 is 2.76 bits per heavy atom. The van der Waals surface area contributed by atoms with Crippen LogP contribution in [0, 0.1) is 0 Å². The van der Waals surface area contributed by atoms with Gasteiger partial charge in [-0.25, -0.2) is 0 Å². The van der Waals surface area contributed by atoms with Crippen LogP contribution in [0.2, 0.25) is 0 Å². The van der Waals surface area contributed by atoms with Gasteiger partial charge in [-0.3, -0.25) is 0 Å². The van der Waals surface area contributed by atoms with Crippen LogP contribution in [0.1, 0.15) is 24.4 Å². The highest BCUT2D eigenvalue weighted by Gasteiger charge is 2.20. The number of hydroxylamine groups is 1. The van der Waals surface area contributed by atoms with Gasteiger partial charge in [0.25, 0.3) is 0 Å². The molecule has 1 atom stereocenters. The normalized spacial score (nSPS) is 17.5. The van der Waals surface area contributed by atoms with Gasteiger partial charge in [-0.05, 0) is 43.2 Å². The second kappa shape index (κ2) is 6.61. The lowest BCUT2D eigenvalue weighted by Crippen LogP contribution is -2.19. The zero-order chi connectivity index (χ0) is 14.5. The summed E-state index contributed by atoms with van der Waals surface area (Å²) in [4.78, 5) is 5.11. The summed E-state index contributed by atoms with van der Waals surface area (Å²) in [6, 6.07) is 15.8. The minimum atomic E-state index is 0.117. The number of benzene rings is 2. The third-order valence-electron chi connectivity index (χ3n) is 3.49. The highest BCUT2D eigenvalue weighted by atomic mass is 16.6. The third kappa shape index (κ3) is 3.35. The zero-order valence-corrected chi connectivity index (χ0v) is 12.0. The van der Waals surface area contributed by atoms with Crippen molar-refractivity contribution in [3.63, 3.8) is 0 Å². The van der Waals surface area contributed by atoms with E-state index in [2.05, 4.69) is 5.48 Å². The molecule has 0 radical (unpaired) electrons. The number of hydrogen-bond acceptors (Lipinski definition) is 4. The van der Waals surface area contributed by atoms with Gasteiger partial charge in [-0.2, -0.15) is 5.48 Å². The average molecular weight is 285 g/mol. The van der Waals surface area contributed by atoms with Crippen LogP contribution in [0.15, 0.2) is 48.5 Å². The maximum Gasteiger partial charge on any atom is 0.128 e. The predicted octanol–water partition coefficient (Wildman–Crippen LogP) is 3.84. The molecule has 1 aliphatic heterocycles. The number of rotatable bonds is 4. The summed E-state index contributed by atoms with van der Waals surface area (Å²) in [5.41, 5.74) is 4.11. The lowest BCUT2D eigenvalue weighted by atomic mass is 10.0. The van der Waals surface area contributed by atoms with Crippen molar-refractivity contribution in [2.75, 3.05) is 13.7 Å². The van der Waals surface area contributed by atoms with Crippen LogP contribution in [0.3, 0.4) is 0 Å². The molecule has 0 aromatic heterocycles. The molecule has 0 saturated heterocycles. The zero-order valence-electron chi connectivity index (χ0n) is 12.0. The molecule has 2 aromatic carbocycles. The Labute approximate surface area is 124 Å². The molecular formula is C17H19NO3. The van der Waals surface area contributed by atoms with Crippen LogP contribution in [0.4, 0.5) is 0 Å². The third-order valence-corrected chi connectivity index (χ3v) is 3.49. The maximum atomic E-state index is 5.89. The average Bonchev–Trinajstić information content (AvgIpc) is 2.71. The van der Waals surface area contributed by atoms with Crippen LogP contribution >= 0.6 is 0 Å². The summed E-state index contributed by atoms with van der Waals surface area (Å²) in [6.45, 7) is 0.730. The van der Waals surface area contributed by atoms with Crippen LogP contribution in [-0.4, -0.2) is 13.7 Å². The smallest absolute Gasteiger partial charge is 0.128 e. The molecule has 1 heterocycles. The molecule has 4 nitrogen and oxygen atoms in total. The first-order valence-electron chi connectivity index (χ1n) is 7.15. The summed E-state index contributed by atoms with van der Waals surface area (Å²) < 4.78 is 11.7. The largest absolute Gasteiger partial charge is 0.493 e. The summed E-state index contributed by atoms with van der Waals surface area (Å²) in [5.74, 6) is 2.51. The molecule has 0 aliphatic carbocycles. The van der Waals surface area contributed by atoms with E-state index in [1.807, 2.05) is 48.5 Å². The molecule has 4 heteroatoms. The second-order valence-electron chi connectivity index (χ2n) is 4.98. The minimum Gasteiger partial charge on any atom is -0.493 e. The summed E-state index contributed by atoms with van der Waals surface area (Å²) in [5, 5.41) is 0. The highest BCUT2D eigenvalue weighted by molar-refractivity contribution is 5.44. The first-order valence-corrected chi connectivity index (χ1v) is 7.15. The molecule has 0 fully saturated rings. The van der Waals surface area contributed by atoms with E-state index in [1.54, 1.807) is 7.11 Å². The molecule has 0 spiro atoms. The summed E-state index contributed by atoms with van der Waals surface area (Å²) >= 11 is 0. The predicted molar refractivity (Wildman–Crippen MR) is 80.6 cm³/mol. The van der Waals surface area contributed by atoms with Gasteiger partial charge < -0.3 is 14.3 Å². The molecule has 21 heavy (non-hydrogen) atoms. The number of ether oxygens (including phenoxy) is 2. The van der Waals surface area contributed by atoms with Crippen molar-refractivity contribution >= 4 is 0 Å². The van der Waals surface area contributed by atoms with Crippen molar-refractivity contribution in [1.82, 2.24) is 5.48 Å². The van der Waals surface area contributed by atoms with E-state index >= 15 is 0 Å². The Hall–Kier alpha value is -2.04. The van der Waals surface area contributed by atoms with Gasteiger partial charge in [0.1, 0.15) is 17.2 Å². The quantitative estimate of drug-likeness (QED) is 0.866. The Balaban J connectivity index is 1.87. The summed E-state index contributed by atoms with van der Waals surface area (Å²) in [7, 11) is 1.63. The molecule has 3 rings (SSSR count). The van der Waals surface area contributed by atoms with Crippen molar-refractivity contribution < 1.29 is 14.3 Å². The van der Waals surface area contributed by atoms with E-state index in [1.165, 1.54) is 0 Å². The van der Waals surface area contributed by atoms with Crippen molar-refractivity contribution in [3.05, 3.63) is 54.1 Å².